The summed E-state index contributed by atoms with van der Waals surface area (Å²) in [6, 6.07) is 6.08. The van der Waals surface area contributed by atoms with Crippen LogP contribution >= 0.6 is 0 Å². The van der Waals surface area contributed by atoms with Crippen LogP contribution in [0.2, 0.25) is 0 Å². The smallest absolute Gasteiger partial charge is 0.191 e. The molecule has 1 aliphatic rings. The van der Waals surface area contributed by atoms with Crippen LogP contribution in [0.4, 0.5) is 4.39 Å². The summed E-state index contributed by atoms with van der Waals surface area (Å²) in [7, 11) is 2.18. The van der Waals surface area contributed by atoms with E-state index >= 15 is 0 Å². The number of hydrogen-bond donors (Lipinski definition) is 2. The van der Waals surface area contributed by atoms with Crippen molar-refractivity contribution in [2.24, 2.45) is 10.9 Å². The molecule has 0 amide bonds. The maximum Gasteiger partial charge on any atom is 0.191 e. The lowest BCUT2D eigenvalue weighted by Gasteiger charge is -2.29. The number of piperidine rings is 1. The highest BCUT2D eigenvalue weighted by atomic mass is 19.1. The third kappa shape index (κ3) is 7.30. The Morgan fingerprint density at radius 1 is 1.28 bits per heavy atom. The molecule has 1 fully saturated rings. The lowest BCUT2D eigenvalue weighted by atomic mass is 9.97. The molecule has 1 aromatic rings. The van der Waals surface area contributed by atoms with Crippen molar-refractivity contribution in [1.29, 1.82) is 0 Å². The van der Waals surface area contributed by atoms with Gasteiger partial charge in [0.15, 0.2) is 5.96 Å². The fourth-order valence-corrected chi connectivity index (χ4v) is 2.85. The van der Waals surface area contributed by atoms with Crippen molar-refractivity contribution in [2.75, 3.05) is 39.8 Å². The predicted molar refractivity (Wildman–Crippen MR) is 101 cm³/mol. The van der Waals surface area contributed by atoms with Crippen LogP contribution in [0, 0.1) is 11.7 Å². The highest BCUT2D eigenvalue weighted by molar-refractivity contribution is 5.79. The molecule has 1 unspecified atom stereocenters. The Labute approximate surface area is 150 Å². The minimum absolute atomic E-state index is 0.0794. The monoisotopic (exact) mass is 350 g/mol. The van der Waals surface area contributed by atoms with E-state index in [4.69, 9.17) is 4.74 Å². The van der Waals surface area contributed by atoms with Crippen LogP contribution < -0.4 is 15.4 Å². The summed E-state index contributed by atoms with van der Waals surface area (Å²) in [5.74, 6) is 1.93. The molecule has 1 atom stereocenters. The first-order valence-electron chi connectivity index (χ1n) is 9.19. The number of benzene rings is 1. The minimum Gasteiger partial charge on any atom is -0.489 e. The summed E-state index contributed by atoms with van der Waals surface area (Å²) < 4.78 is 18.7. The van der Waals surface area contributed by atoms with Gasteiger partial charge in [0.1, 0.15) is 17.7 Å². The van der Waals surface area contributed by atoms with E-state index in [1.807, 2.05) is 6.92 Å². The molecule has 0 aliphatic carbocycles. The molecule has 1 aliphatic heterocycles. The zero-order chi connectivity index (χ0) is 18.1. The number of rotatable bonds is 7. The van der Waals surface area contributed by atoms with Gasteiger partial charge in [-0.3, -0.25) is 0 Å². The molecule has 2 rings (SSSR count). The zero-order valence-corrected chi connectivity index (χ0v) is 15.6. The van der Waals surface area contributed by atoms with Crippen molar-refractivity contribution in [3.8, 4) is 5.75 Å². The molecule has 140 valence electrons. The van der Waals surface area contributed by atoms with Gasteiger partial charge in [-0.1, -0.05) is 0 Å². The van der Waals surface area contributed by atoms with Crippen LogP contribution in [0.15, 0.2) is 29.3 Å². The van der Waals surface area contributed by atoms with Crippen LogP contribution in [0.25, 0.3) is 0 Å². The van der Waals surface area contributed by atoms with Crippen molar-refractivity contribution < 1.29 is 9.13 Å². The molecular weight excluding hydrogens is 319 g/mol. The van der Waals surface area contributed by atoms with E-state index in [1.165, 1.54) is 38.1 Å². The Morgan fingerprint density at radius 3 is 2.60 bits per heavy atom. The Hall–Kier alpha value is -1.82. The fraction of sp³-hybridized carbons (Fsp3) is 0.632. The Bertz CT molecular complexity index is 527. The Balaban J connectivity index is 1.78. The molecule has 1 aromatic carbocycles. The zero-order valence-electron chi connectivity index (χ0n) is 15.6. The molecule has 0 aromatic heterocycles. The first kappa shape index (κ1) is 19.5. The number of halogens is 1. The van der Waals surface area contributed by atoms with Gasteiger partial charge in [0.25, 0.3) is 0 Å². The minimum atomic E-state index is -0.259. The van der Waals surface area contributed by atoms with Gasteiger partial charge in [-0.2, -0.15) is 0 Å². The average molecular weight is 350 g/mol. The van der Waals surface area contributed by atoms with E-state index in [0.717, 1.165) is 19.0 Å². The number of nitrogens with zero attached hydrogens (tertiary/aromatic N) is 2. The van der Waals surface area contributed by atoms with Crippen LogP contribution in [0.5, 0.6) is 5.75 Å². The van der Waals surface area contributed by atoms with Crippen LogP contribution in [0.3, 0.4) is 0 Å². The summed E-state index contributed by atoms with van der Waals surface area (Å²) in [6.07, 6.45) is 2.38. The van der Waals surface area contributed by atoms with Crippen LogP contribution in [-0.4, -0.2) is 56.7 Å². The summed E-state index contributed by atoms with van der Waals surface area (Å²) in [6.45, 7) is 8.68. The number of guanidine groups is 1. The Kier molecular flexibility index (Phi) is 7.98. The SMILES string of the molecule is CCNC(=NCC(C)Oc1ccc(F)cc1)NCC1CCN(C)CC1. The number of nitrogens with one attached hydrogen (secondary N) is 2. The van der Waals surface area contributed by atoms with Gasteiger partial charge >= 0.3 is 0 Å². The lowest BCUT2D eigenvalue weighted by molar-refractivity contribution is 0.219. The normalized spacial score (nSPS) is 18.0. The number of aliphatic imine (C=N–C) groups is 1. The lowest BCUT2D eigenvalue weighted by Crippen LogP contribution is -2.42. The number of likely N-dealkylation sites (tertiary alicyclic amines) is 1. The standard InChI is InChI=1S/C19H31FN4O/c1-4-21-19(23-14-16-9-11-24(3)12-10-16)22-13-15(2)25-18-7-5-17(20)6-8-18/h5-8,15-16H,4,9-14H2,1-3H3,(H2,21,22,23). The summed E-state index contributed by atoms with van der Waals surface area (Å²) >= 11 is 0. The molecule has 1 saturated heterocycles. The summed E-state index contributed by atoms with van der Waals surface area (Å²) in [5.41, 5.74) is 0. The maximum absolute atomic E-state index is 12.9. The highest BCUT2D eigenvalue weighted by Gasteiger charge is 2.16. The molecule has 25 heavy (non-hydrogen) atoms. The third-order valence-corrected chi connectivity index (χ3v) is 4.40. The topological polar surface area (TPSA) is 48.9 Å². The van der Waals surface area contributed by atoms with E-state index in [1.54, 1.807) is 12.1 Å². The third-order valence-electron chi connectivity index (χ3n) is 4.40. The van der Waals surface area contributed by atoms with Crippen molar-refractivity contribution in [3.63, 3.8) is 0 Å². The molecular formula is C19H31FN4O. The van der Waals surface area contributed by atoms with Gasteiger partial charge in [0.05, 0.1) is 6.54 Å². The quantitative estimate of drug-likeness (QED) is 0.586. The Morgan fingerprint density at radius 2 is 1.96 bits per heavy atom. The molecule has 5 nitrogen and oxygen atoms in total. The molecule has 0 radical (unpaired) electrons. The van der Waals surface area contributed by atoms with Crippen molar-refractivity contribution in [1.82, 2.24) is 15.5 Å². The van der Waals surface area contributed by atoms with Crippen LogP contribution in [-0.2, 0) is 0 Å². The van der Waals surface area contributed by atoms with E-state index in [9.17, 15) is 4.39 Å². The molecule has 6 heteroatoms. The second-order valence-electron chi connectivity index (χ2n) is 6.73. The van der Waals surface area contributed by atoms with Crippen molar-refractivity contribution >= 4 is 5.96 Å². The van der Waals surface area contributed by atoms with Gasteiger partial charge in [-0.05, 0) is 77.0 Å². The van der Waals surface area contributed by atoms with Crippen molar-refractivity contribution in [2.45, 2.75) is 32.8 Å². The predicted octanol–water partition coefficient (Wildman–Crippen LogP) is 2.49. The summed E-state index contributed by atoms with van der Waals surface area (Å²) in [5, 5.41) is 6.73. The molecule has 0 saturated carbocycles. The second kappa shape index (κ2) is 10.2. The van der Waals surface area contributed by atoms with Crippen molar-refractivity contribution in [3.05, 3.63) is 30.1 Å². The molecule has 2 N–H and O–H groups in total. The van der Waals surface area contributed by atoms with Gasteiger partial charge in [0.2, 0.25) is 0 Å². The van der Waals surface area contributed by atoms with Crippen LogP contribution in [0.1, 0.15) is 26.7 Å². The summed E-state index contributed by atoms with van der Waals surface area (Å²) in [4.78, 5) is 6.99. The van der Waals surface area contributed by atoms with E-state index in [0.29, 0.717) is 18.2 Å². The highest BCUT2D eigenvalue weighted by Crippen LogP contribution is 2.15. The van der Waals surface area contributed by atoms with E-state index in [2.05, 4.69) is 34.5 Å². The first-order valence-corrected chi connectivity index (χ1v) is 9.19. The first-order chi connectivity index (χ1) is 12.1. The molecule has 0 bridgehead atoms. The molecule has 1 heterocycles. The van der Waals surface area contributed by atoms with E-state index in [-0.39, 0.29) is 11.9 Å². The second-order valence-corrected chi connectivity index (χ2v) is 6.73. The maximum atomic E-state index is 12.9. The average Bonchev–Trinajstić information content (AvgIpc) is 2.61. The van der Waals surface area contributed by atoms with E-state index < -0.39 is 0 Å². The molecule has 0 spiro atoms. The number of ether oxygens (including phenoxy) is 1. The van der Waals surface area contributed by atoms with Gasteiger partial charge in [-0.25, -0.2) is 9.38 Å². The van der Waals surface area contributed by atoms with Gasteiger partial charge < -0.3 is 20.3 Å². The van der Waals surface area contributed by atoms with Gasteiger partial charge in [-0.15, -0.1) is 0 Å². The largest absolute Gasteiger partial charge is 0.489 e. The fourth-order valence-electron chi connectivity index (χ4n) is 2.85. The van der Waals surface area contributed by atoms with Gasteiger partial charge in [0, 0.05) is 13.1 Å². The number of hydrogen-bond acceptors (Lipinski definition) is 3.